The van der Waals surface area contributed by atoms with Crippen LogP contribution in [0.4, 0.5) is 0 Å². The van der Waals surface area contributed by atoms with Gasteiger partial charge in [0.25, 0.3) is 0 Å². The molecule has 0 aromatic heterocycles. The molecule has 21 heavy (non-hydrogen) atoms. The van der Waals surface area contributed by atoms with E-state index in [1.165, 1.54) is 6.07 Å². The number of phenols is 2. The molecule has 2 atom stereocenters. The molecule has 1 aromatic carbocycles. The first-order chi connectivity index (χ1) is 10.0. The fraction of sp³-hybridized carbons (Fsp3) is 0.562. The van der Waals surface area contributed by atoms with Gasteiger partial charge in [0.2, 0.25) is 0 Å². The fourth-order valence-corrected chi connectivity index (χ4v) is 3.94. The summed E-state index contributed by atoms with van der Waals surface area (Å²) in [5.74, 6) is -0.580. The maximum Gasteiger partial charge on any atom is 0.303 e. The highest BCUT2D eigenvalue weighted by atomic mass is 16.4. The smallest absolute Gasteiger partial charge is 0.303 e. The molecule has 2 saturated heterocycles. The Kier molecular flexibility index (Phi) is 3.76. The van der Waals surface area contributed by atoms with Crippen molar-refractivity contribution >= 4 is 5.97 Å². The van der Waals surface area contributed by atoms with Crippen LogP contribution in [0, 0.1) is 5.92 Å². The number of carboxylic acid groups (broad SMARTS) is 1. The minimum Gasteiger partial charge on any atom is -0.504 e. The average molecular weight is 291 g/mol. The number of aliphatic carboxylic acids is 1. The van der Waals surface area contributed by atoms with E-state index in [0.29, 0.717) is 18.0 Å². The molecule has 5 nitrogen and oxygen atoms in total. The highest BCUT2D eigenvalue weighted by Gasteiger charge is 2.40. The van der Waals surface area contributed by atoms with E-state index < -0.39 is 5.97 Å². The first-order valence-electron chi connectivity index (χ1n) is 7.51. The van der Waals surface area contributed by atoms with Crippen LogP contribution in [-0.2, 0) is 11.3 Å². The molecule has 0 aliphatic carbocycles. The zero-order chi connectivity index (χ0) is 15.0. The second-order valence-electron chi connectivity index (χ2n) is 6.32. The number of piperidine rings is 1. The van der Waals surface area contributed by atoms with Gasteiger partial charge in [-0.05, 0) is 49.3 Å². The predicted molar refractivity (Wildman–Crippen MR) is 77.1 cm³/mol. The topological polar surface area (TPSA) is 81.0 Å². The third kappa shape index (κ3) is 2.97. The molecule has 5 heteroatoms. The van der Waals surface area contributed by atoms with Gasteiger partial charge in [0.1, 0.15) is 0 Å². The van der Waals surface area contributed by atoms with E-state index in [-0.39, 0.29) is 17.9 Å². The van der Waals surface area contributed by atoms with Gasteiger partial charge in [0.05, 0.1) is 0 Å². The lowest BCUT2D eigenvalue weighted by Crippen LogP contribution is -2.42. The van der Waals surface area contributed by atoms with E-state index in [2.05, 4.69) is 4.90 Å². The van der Waals surface area contributed by atoms with E-state index in [9.17, 15) is 15.0 Å². The number of hydrogen-bond donors (Lipinski definition) is 3. The summed E-state index contributed by atoms with van der Waals surface area (Å²) < 4.78 is 0. The Bertz CT molecular complexity index is 531. The number of phenolic OH excluding ortho intramolecular Hbond substituents is 2. The molecule has 1 aromatic rings. The van der Waals surface area contributed by atoms with Crippen LogP contribution in [0.1, 0.15) is 37.7 Å². The summed E-state index contributed by atoms with van der Waals surface area (Å²) in [6, 6.07) is 5.85. The van der Waals surface area contributed by atoms with Crippen LogP contribution in [0.15, 0.2) is 18.2 Å². The van der Waals surface area contributed by atoms with Gasteiger partial charge < -0.3 is 15.3 Å². The van der Waals surface area contributed by atoms with Gasteiger partial charge in [-0.3, -0.25) is 9.69 Å². The van der Waals surface area contributed by atoms with Gasteiger partial charge in [0.15, 0.2) is 11.5 Å². The summed E-state index contributed by atoms with van der Waals surface area (Å²) >= 11 is 0. The quantitative estimate of drug-likeness (QED) is 0.742. The maximum atomic E-state index is 10.9. The van der Waals surface area contributed by atoms with E-state index >= 15 is 0 Å². The molecule has 2 unspecified atom stereocenters. The molecule has 2 bridgehead atoms. The summed E-state index contributed by atoms with van der Waals surface area (Å²) in [5.41, 5.74) is 0.985. The molecule has 0 spiro atoms. The molecular formula is C16H21NO4. The van der Waals surface area contributed by atoms with Crippen molar-refractivity contribution in [3.63, 3.8) is 0 Å². The Labute approximate surface area is 123 Å². The molecule has 2 fully saturated rings. The van der Waals surface area contributed by atoms with Gasteiger partial charge in [-0.1, -0.05) is 6.07 Å². The van der Waals surface area contributed by atoms with Gasteiger partial charge in [-0.2, -0.15) is 0 Å². The van der Waals surface area contributed by atoms with E-state index in [1.807, 2.05) is 6.07 Å². The molecule has 0 saturated carbocycles. The first-order valence-corrected chi connectivity index (χ1v) is 7.51. The van der Waals surface area contributed by atoms with Crippen LogP contribution < -0.4 is 0 Å². The number of hydrogen-bond acceptors (Lipinski definition) is 4. The van der Waals surface area contributed by atoms with Crippen LogP contribution in [0.3, 0.4) is 0 Å². The van der Waals surface area contributed by atoms with Crippen molar-refractivity contribution < 1.29 is 20.1 Å². The zero-order valence-electron chi connectivity index (χ0n) is 11.9. The molecule has 0 radical (unpaired) electrons. The molecule has 3 rings (SSSR count). The van der Waals surface area contributed by atoms with Crippen molar-refractivity contribution in [3.8, 4) is 11.5 Å². The number of aromatic hydroxyl groups is 2. The normalized spacial score (nSPS) is 28.7. The van der Waals surface area contributed by atoms with E-state index in [0.717, 1.165) is 37.8 Å². The summed E-state index contributed by atoms with van der Waals surface area (Å²) in [6.45, 7) is 0.753. The number of fused-ring (bicyclic) bond motifs is 2. The van der Waals surface area contributed by atoms with Crippen molar-refractivity contribution in [2.24, 2.45) is 5.92 Å². The Hall–Kier alpha value is -1.75. The SMILES string of the molecule is O=C(O)CC1CC2CCC(C1)N2Cc1ccc(O)c(O)c1. The lowest BCUT2D eigenvalue weighted by Gasteiger charge is -2.38. The van der Waals surface area contributed by atoms with Crippen molar-refractivity contribution in [1.82, 2.24) is 4.90 Å². The maximum absolute atomic E-state index is 10.9. The minimum absolute atomic E-state index is 0.0828. The number of nitrogens with zero attached hydrogens (tertiary/aromatic N) is 1. The predicted octanol–water partition coefficient (Wildman–Crippen LogP) is 2.32. The van der Waals surface area contributed by atoms with Gasteiger partial charge in [-0.25, -0.2) is 0 Å². The third-order valence-corrected chi connectivity index (χ3v) is 4.85. The molecule has 114 valence electrons. The van der Waals surface area contributed by atoms with Crippen LogP contribution in [-0.4, -0.2) is 38.3 Å². The van der Waals surface area contributed by atoms with Crippen molar-refractivity contribution in [2.75, 3.05) is 0 Å². The molecular weight excluding hydrogens is 270 g/mol. The monoisotopic (exact) mass is 291 g/mol. The zero-order valence-corrected chi connectivity index (χ0v) is 11.9. The lowest BCUT2D eigenvalue weighted by atomic mass is 9.88. The Morgan fingerprint density at radius 3 is 2.38 bits per heavy atom. The van der Waals surface area contributed by atoms with E-state index in [4.69, 9.17) is 5.11 Å². The van der Waals surface area contributed by atoms with E-state index in [1.54, 1.807) is 6.07 Å². The van der Waals surface area contributed by atoms with Gasteiger partial charge in [-0.15, -0.1) is 0 Å². The summed E-state index contributed by atoms with van der Waals surface area (Å²) in [5, 5.41) is 27.9. The lowest BCUT2D eigenvalue weighted by molar-refractivity contribution is -0.138. The molecule has 0 amide bonds. The Morgan fingerprint density at radius 1 is 1.14 bits per heavy atom. The first kappa shape index (κ1) is 14.2. The minimum atomic E-state index is -0.698. The molecule has 2 aliphatic rings. The fourth-order valence-electron chi connectivity index (χ4n) is 3.94. The van der Waals surface area contributed by atoms with Gasteiger partial charge in [0, 0.05) is 25.0 Å². The Balaban J connectivity index is 1.67. The van der Waals surface area contributed by atoms with Crippen LogP contribution >= 0.6 is 0 Å². The number of carbonyl (C=O) groups is 1. The summed E-state index contributed by atoms with van der Waals surface area (Å²) in [4.78, 5) is 13.3. The van der Waals surface area contributed by atoms with Crippen LogP contribution in [0.25, 0.3) is 0 Å². The number of rotatable bonds is 4. The number of carboxylic acids is 1. The second-order valence-corrected chi connectivity index (χ2v) is 6.32. The summed E-state index contributed by atoms with van der Waals surface area (Å²) in [7, 11) is 0. The third-order valence-electron chi connectivity index (χ3n) is 4.85. The average Bonchev–Trinajstić information content (AvgIpc) is 2.65. The highest BCUT2D eigenvalue weighted by Crippen LogP contribution is 2.41. The number of benzene rings is 1. The van der Waals surface area contributed by atoms with Crippen LogP contribution in [0.5, 0.6) is 11.5 Å². The molecule has 2 aliphatic heterocycles. The summed E-state index contributed by atoms with van der Waals surface area (Å²) in [6.07, 6.45) is 4.44. The molecule has 3 N–H and O–H groups in total. The van der Waals surface area contributed by atoms with Crippen LogP contribution in [0.2, 0.25) is 0 Å². The van der Waals surface area contributed by atoms with Crippen molar-refractivity contribution in [2.45, 2.75) is 50.7 Å². The largest absolute Gasteiger partial charge is 0.504 e. The second kappa shape index (κ2) is 5.56. The highest BCUT2D eigenvalue weighted by molar-refractivity contribution is 5.67. The van der Waals surface area contributed by atoms with Crippen molar-refractivity contribution in [1.29, 1.82) is 0 Å². The molecule has 2 heterocycles. The Morgan fingerprint density at radius 2 is 1.81 bits per heavy atom. The standard InChI is InChI=1S/C16H21NO4/c18-14-4-1-10(7-15(14)19)9-17-12-2-3-13(17)6-11(5-12)8-16(20)21/h1,4,7,11-13,18-19H,2-3,5-6,8-9H2,(H,20,21). The van der Waals surface area contributed by atoms with Gasteiger partial charge >= 0.3 is 5.97 Å². The van der Waals surface area contributed by atoms with Crippen molar-refractivity contribution in [3.05, 3.63) is 23.8 Å².